The van der Waals surface area contributed by atoms with E-state index in [4.69, 9.17) is 11.6 Å². The number of carbonyl (C=O) groups excluding carboxylic acids is 1. The van der Waals surface area contributed by atoms with Crippen LogP contribution >= 0.6 is 11.6 Å². The number of amides is 1. The van der Waals surface area contributed by atoms with Crippen LogP contribution in [0.15, 0.2) is 66.1 Å². The van der Waals surface area contributed by atoms with E-state index in [9.17, 15) is 9.59 Å². The Morgan fingerprint density at radius 2 is 1.93 bits per heavy atom. The number of aryl methyl sites for hydroxylation is 1. The minimum atomic E-state index is -0.755. The van der Waals surface area contributed by atoms with E-state index in [-0.39, 0.29) is 28.1 Å². The van der Waals surface area contributed by atoms with Crippen LogP contribution in [0.5, 0.6) is 0 Å². The Bertz CT molecular complexity index is 1870. The molecule has 2 unspecified atom stereocenters. The lowest BCUT2D eigenvalue weighted by molar-refractivity contribution is -0.119. The van der Waals surface area contributed by atoms with Crippen molar-refractivity contribution < 1.29 is 13.6 Å². The van der Waals surface area contributed by atoms with Gasteiger partial charge in [0.25, 0.3) is 5.56 Å². The highest BCUT2D eigenvalue weighted by molar-refractivity contribution is 6.31. The molecule has 42 heavy (non-hydrogen) atoms. The van der Waals surface area contributed by atoms with E-state index in [0.717, 1.165) is 0 Å². The van der Waals surface area contributed by atoms with Crippen LogP contribution in [-0.2, 0) is 11.8 Å². The van der Waals surface area contributed by atoms with Gasteiger partial charge in [-0.25, -0.2) is 18.4 Å². The van der Waals surface area contributed by atoms with Gasteiger partial charge in [-0.1, -0.05) is 30.2 Å². The average molecular weight is 591 g/mol. The number of fused-ring (bicyclic) bond motifs is 4. The minimum Gasteiger partial charge on any atom is -0.323 e. The Balaban J connectivity index is 1.48. The van der Waals surface area contributed by atoms with E-state index < -0.39 is 23.2 Å². The van der Waals surface area contributed by atoms with Crippen LogP contribution in [0.3, 0.4) is 0 Å². The highest BCUT2D eigenvalue weighted by Crippen LogP contribution is 2.35. The van der Waals surface area contributed by atoms with Crippen LogP contribution in [0, 0.1) is 17.6 Å². The number of carbonyl (C=O) groups is 1. The molecule has 10 nitrogen and oxygen atoms in total. The largest absolute Gasteiger partial charge is 0.323 e. The highest BCUT2D eigenvalue weighted by atomic mass is 35.5. The lowest BCUT2D eigenvalue weighted by Crippen LogP contribution is -2.27. The molecule has 0 saturated heterocycles. The predicted octanol–water partition coefficient (Wildman–Crippen LogP) is 5.17. The minimum absolute atomic E-state index is 0.00689. The fraction of sp³-hybridized carbons (Fsp3) is 0.241. The summed E-state index contributed by atoms with van der Waals surface area (Å²) < 4.78 is 34.8. The van der Waals surface area contributed by atoms with Gasteiger partial charge in [0.05, 0.1) is 64.3 Å². The van der Waals surface area contributed by atoms with Gasteiger partial charge in [0.2, 0.25) is 5.91 Å². The summed E-state index contributed by atoms with van der Waals surface area (Å²) in [6.07, 6.45) is 7.37. The van der Waals surface area contributed by atoms with Crippen molar-refractivity contribution in [1.82, 2.24) is 34.3 Å². The van der Waals surface area contributed by atoms with E-state index in [0.29, 0.717) is 47.5 Å². The van der Waals surface area contributed by atoms with Crippen molar-refractivity contribution in [3.63, 3.8) is 0 Å². The van der Waals surface area contributed by atoms with Crippen LogP contribution in [0.25, 0.3) is 28.2 Å². The lowest BCUT2D eigenvalue weighted by atomic mass is 9.94. The van der Waals surface area contributed by atoms with Crippen LogP contribution < -0.4 is 10.9 Å². The number of nitrogens with zero attached hydrogens (tertiary/aromatic N) is 7. The number of nitrogens with one attached hydrogen (secondary N) is 1. The van der Waals surface area contributed by atoms with E-state index in [1.165, 1.54) is 58.4 Å². The molecular formula is C29H25ClF2N8O2. The van der Waals surface area contributed by atoms with Crippen LogP contribution in [0.1, 0.15) is 37.8 Å². The van der Waals surface area contributed by atoms with Crippen LogP contribution in [0.2, 0.25) is 5.02 Å². The van der Waals surface area contributed by atoms with Crippen LogP contribution in [-0.4, -0.2) is 40.2 Å². The number of hydrogen-bond donors (Lipinski definition) is 1. The van der Waals surface area contributed by atoms with Crippen molar-refractivity contribution in [2.45, 2.75) is 32.2 Å². The first-order chi connectivity index (χ1) is 20.2. The zero-order chi connectivity index (χ0) is 29.5. The summed E-state index contributed by atoms with van der Waals surface area (Å²) >= 11 is 6.09. The first kappa shape index (κ1) is 27.5. The van der Waals surface area contributed by atoms with E-state index in [1.54, 1.807) is 23.9 Å². The molecule has 2 atom stereocenters. The molecule has 1 N–H and O–H groups in total. The standard InChI is InChI=1S/C29H25ClF2N8O2/c1-16-4-3-5-23(17-10-18(12-19(31)11-17)28-22(36-29(16)42)14-35-38(28)2)39-15-33-21(13-25(39)41)26-24(40-9-8-34-37-40)7-6-20(30)27(26)32/h6-16,23H,3-5H2,1-2H3,(H,36,42). The van der Waals surface area contributed by atoms with Crippen LogP contribution in [0.4, 0.5) is 14.5 Å². The Morgan fingerprint density at radius 1 is 1.10 bits per heavy atom. The fourth-order valence-corrected chi connectivity index (χ4v) is 5.53. The molecule has 1 amide bonds. The van der Waals surface area contributed by atoms with Crippen molar-refractivity contribution in [3.8, 4) is 28.2 Å². The molecule has 0 radical (unpaired) electrons. The maximum Gasteiger partial charge on any atom is 0.254 e. The Morgan fingerprint density at radius 3 is 2.69 bits per heavy atom. The molecule has 214 valence electrons. The van der Waals surface area contributed by atoms with Gasteiger partial charge < -0.3 is 5.32 Å². The number of halogens is 3. The summed E-state index contributed by atoms with van der Waals surface area (Å²) in [4.78, 5) is 31.0. The molecule has 5 aromatic rings. The molecule has 3 aromatic heterocycles. The summed E-state index contributed by atoms with van der Waals surface area (Å²) in [5.41, 5.74) is 1.93. The maximum atomic E-state index is 15.3. The molecule has 6 rings (SSSR count). The van der Waals surface area contributed by atoms with E-state index in [1.807, 2.05) is 6.92 Å². The number of hydrogen-bond acceptors (Lipinski definition) is 6. The predicted molar refractivity (Wildman–Crippen MR) is 152 cm³/mol. The topological polar surface area (TPSA) is 113 Å². The first-order valence-electron chi connectivity index (χ1n) is 13.3. The number of anilines is 1. The molecule has 2 aromatic carbocycles. The number of benzene rings is 2. The van der Waals surface area contributed by atoms with Gasteiger partial charge in [-0.2, -0.15) is 5.10 Å². The maximum absolute atomic E-state index is 15.3. The second-order valence-corrected chi connectivity index (χ2v) is 10.7. The van der Waals surface area contributed by atoms with Gasteiger partial charge in [0.15, 0.2) is 5.82 Å². The molecule has 0 aliphatic carbocycles. The molecule has 4 heterocycles. The Hall–Kier alpha value is -4.71. The quantitative estimate of drug-likeness (QED) is 0.310. The zero-order valence-electron chi connectivity index (χ0n) is 22.6. The van der Waals surface area contributed by atoms with Crippen molar-refractivity contribution >= 4 is 23.2 Å². The third-order valence-electron chi connectivity index (χ3n) is 7.51. The van der Waals surface area contributed by atoms with Gasteiger partial charge in [0, 0.05) is 24.6 Å². The van der Waals surface area contributed by atoms with Gasteiger partial charge in [-0.05, 0) is 48.7 Å². The molecule has 0 saturated carbocycles. The smallest absolute Gasteiger partial charge is 0.254 e. The molecule has 0 spiro atoms. The molecular weight excluding hydrogens is 566 g/mol. The fourth-order valence-electron chi connectivity index (χ4n) is 5.38. The summed E-state index contributed by atoms with van der Waals surface area (Å²) in [6.45, 7) is 1.83. The third kappa shape index (κ3) is 4.98. The summed E-state index contributed by atoms with van der Waals surface area (Å²) in [5, 5.41) is 14.8. The van der Waals surface area contributed by atoms with Crippen molar-refractivity contribution in [2.75, 3.05) is 5.32 Å². The Labute approximate surface area is 243 Å². The molecule has 2 bridgehead atoms. The molecule has 0 fully saturated rings. The SMILES string of the molecule is CC1CCCC(n2cnc(-c3c(-n4ccnn4)ccc(Cl)c3F)cc2=O)c2cc(F)cc(c2)-c2c(cnn2C)NC1=O. The monoisotopic (exact) mass is 590 g/mol. The molecule has 1 aliphatic rings. The van der Waals surface area contributed by atoms with Crippen molar-refractivity contribution in [3.05, 3.63) is 93.9 Å². The summed E-state index contributed by atoms with van der Waals surface area (Å²) in [6, 6.07) is 8.09. The van der Waals surface area contributed by atoms with E-state index >= 15 is 8.78 Å². The second-order valence-electron chi connectivity index (χ2n) is 10.3. The number of rotatable bonds is 3. The van der Waals surface area contributed by atoms with Gasteiger partial charge >= 0.3 is 0 Å². The molecule has 13 heteroatoms. The third-order valence-corrected chi connectivity index (χ3v) is 7.80. The van der Waals surface area contributed by atoms with E-state index in [2.05, 4.69) is 25.7 Å². The first-order valence-corrected chi connectivity index (χ1v) is 13.7. The normalized spacial score (nSPS) is 17.2. The van der Waals surface area contributed by atoms with Gasteiger partial charge in [-0.15, -0.1) is 5.10 Å². The summed E-state index contributed by atoms with van der Waals surface area (Å²) in [5.74, 6) is -1.75. The van der Waals surface area contributed by atoms with Crippen molar-refractivity contribution in [2.24, 2.45) is 13.0 Å². The van der Waals surface area contributed by atoms with Gasteiger partial charge in [0.1, 0.15) is 5.82 Å². The van der Waals surface area contributed by atoms with Crippen molar-refractivity contribution in [1.29, 1.82) is 0 Å². The number of aromatic nitrogens is 7. The summed E-state index contributed by atoms with van der Waals surface area (Å²) in [7, 11) is 1.71. The molecule has 1 aliphatic heterocycles. The zero-order valence-corrected chi connectivity index (χ0v) is 23.4. The Kier molecular flexibility index (Phi) is 7.15. The highest BCUT2D eigenvalue weighted by Gasteiger charge is 2.25. The average Bonchev–Trinajstić information content (AvgIpc) is 3.62. The second kappa shape index (κ2) is 10.9. The lowest BCUT2D eigenvalue weighted by Gasteiger charge is -2.23. The van der Waals surface area contributed by atoms with Gasteiger partial charge in [-0.3, -0.25) is 18.8 Å².